The van der Waals surface area contributed by atoms with Crippen LogP contribution < -0.4 is 5.73 Å². The van der Waals surface area contributed by atoms with Gasteiger partial charge in [-0.2, -0.15) is 13.2 Å². The predicted molar refractivity (Wildman–Crippen MR) is 49.9 cm³/mol. The molecule has 0 aliphatic rings. The molecule has 0 amide bonds. The third kappa shape index (κ3) is 2.66. The number of carbonyl (C=O) groups is 1. The molecule has 0 radical (unpaired) electrons. The third-order valence-corrected chi connectivity index (χ3v) is 1.96. The number of nitrogens with zero attached hydrogens (tertiary/aromatic N) is 1. The second-order valence-electron chi connectivity index (χ2n) is 3.15. The van der Waals surface area contributed by atoms with Gasteiger partial charge in [-0.3, -0.25) is 0 Å². The van der Waals surface area contributed by atoms with Gasteiger partial charge in [0.1, 0.15) is 0 Å². The van der Waals surface area contributed by atoms with Crippen LogP contribution in [0.15, 0.2) is 6.07 Å². The molecule has 9 heteroatoms. The summed E-state index contributed by atoms with van der Waals surface area (Å²) in [5.41, 5.74) is 0.489. The van der Waals surface area contributed by atoms with Gasteiger partial charge in [0, 0.05) is 0 Å². The number of rotatable bonds is 2. The van der Waals surface area contributed by atoms with Crippen molar-refractivity contribution in [1.82, 2.24) is 4.98 Å². The highest BCUT2D eigenvalue weighted by Crippen LogP contribution is 2.36. The van der Waals surface area contributed by atoms with E-state index in [1.807, 2.05) is 0 Å². The number of alkyl halides is 5. The summed E-state index contributed by atoms with van der Waals surface area (Å²) in [7, 11) is 0.901. The average Bonchev–Trinajstić information content (AvgIpc) is 2.25. The van der Waals surface area contributed by atoms with E-state index < -0.39 is 41.2 Å². The summed E-state index contributed by atoms with van der Waals surface area (Å²) in [6.07, 6.45) is -8.54. The number of esters is 1. The number of hydrogen-bond acceptors (Lipinski definition) is 4. The van der Waals surface area contributed by atoms with E-state index in [1.165, 1.54) is 0 Å². The lowest BCUT2D eigenvalue weighted by atomic mass is 10.1. The predicted octanol–water partition coefficient (Wildman–Crippen LogP) is 2.41. The van der Waals surface area contributed by atoms with Gasteiger partial charge < -0.3 is 10.5 Å². The smallest absolute Gasteiger partial charge is 0.433 e. The van der Waals surface area contributed by atoms with Gasteiger partial charge in [-0.1, -0.05) is 0 Å². The quantitative estimate of drug-likeness (QED) is 0.662. The number of anilines is 1. The Morgan fingerprint density at radius 3 is 2.39 bits per heavy atom. The zero-order chi connectivity index (χ0) is 14.1. The van der Waals surface area contributed by atoms with Crippen LogP contribution in [0.4, 0.5) is 27.6 Å². The maximum absolute atomic E-state index is 12.5. The van der Waals surface area contributed by atoms with E-state index in [2.05, 4.69) is 9.72 Å². The zero-order valence-electron chi connectivity index (χ0n) is 8.89. The Bertz CT molecular complexity index is 473. The van der Waals surface area contributed by atoms with Crippen molar-refractivity contribution in [3.05, 3.63) is 23.0 Å². The van der Waals surface area contributed by atoms with Gasteiger partial charge in [0.2, 0.25) is 0 Å². The Balaban J connectivity index is 3.51. The standard InChI is InChI=1S/C9H7F5N2O2/c1-18-8(17)5-4(15)2-3(7(10)11)6(16-5)9(12,13)14/h2,7H,15H2,1H3. The van der Waals surface area contributed by atoms with E-state index in [4.69, 9.17) is 5.73 Å². The number of pyridine rings is 1. The van der Waals surface area contributed by atoms with Crippen molar-refractivity contribution in [3.63, 3.8) is 0 Å². The SMILES string of the molecule is COC(=O)c1nc(C(F)(F)F)c(C(F)F)cc1N. The van der Waals surface area contributed by atoms with Gasteiger partial charge in [0.05, 0.1) is 18.4 Å². The Morgan fingerprint density at radius 1 is 1.44 bits per heavy atom. The first-order chi connectivity index (χ1) is 8.18. The molecule has 0 aromatic carbocycles. The summed E-state index contributed by atoms with van der Waals surface area (Å²) in [5, 5.41) is 0. The maximum atomic E-state index is 12.5. The van der Waals surface area contributed by atoms with Crippen molar-refractivity contribution in [3.8, 4) is 0 Å². The van der Waals surface area contributed by atoms with Crippen molar-refractivity contribution in [2.45, 2.75) is 12.6 Å². The minimum atomic E-state index is -5.12. The molecule has 2 N–H and O–H groups in total. The van der Waals surface area contributed by atoms with E-state index in [1.54, 1.807) is 0 Å². The van der Waals surface area contributed by atoms with Crippen LogP contribution >= 0.6 is 0 Å². The Labute approximate surface area is 97.6 Å². The summed E-state index contributed by atoms with van der Waals surface area (Å²) in [5.74, 6) is -1.24. The molecule has 0 unspecified atom stereocenters. The minimum absolute atomic E-state index is 0.368. The summed E-state index contributed by atoms with van der Waals surface area (Å²) in [6, 6.07) is 0.368. The fourth-order valence-corrected chi connectivity index (χ4v) is 1.20. The van der Waals surface area contributed by atoms with Gasteiger partial charge in [0.25, 0.3) is 6.43 Å². The molecular formula is C9H7F5N2O2. The number of ether oxygens (including phenoxy) is 1. The first kappa shape index (κ1) is 14.1. The normalized spacial score (nSPS) is 11.7. The number of aromatic nitrogens is 1. The van der Waals surface area contributed by atoms with Crippen molar-refractivity contribution in [1.29, 1.82) is 0 Å². The van der Waals surface area contributed by atoms with Gasteiger partial charge in [-0.25, -0.2) is 18.6 Å². The molecule has 1 aromatic rings. The fraction of sp³-hybridized carbons (Fsp3) is 0.333. The van der Waals surface area contributed by atoms with E-state index >= 15 is 0 Å². The summed E-state index contributed by atoms with van der Waals surface area (Å²) in [4.78, 5) is 13.9. The molecule has 0 saturated heterocycles. The molecule has 0 aliphatic heterocycles. The Hall–Kier alpha value is -1.93. The van der Waals surface area contributed by atoms with E-state index in [0.29, 0.717) is 6.07 Å². The third-order valence-electron chi connectivity index (χ3n) is 1.96. The lowest BCUT2D eigenvalue weighted by Crippen LogP contribution is -2.18. The lowest BCUT2D eigenvalue weighted by molar-refractivity contribution is -0.143. The van der Waals surface area contributed by atoms with Crippen molar-refractivity contribution in [2.24, 2.45) is 0 Å². The summed E-state index contributed by atoms with van der Waals surface area (Å²) in [6.45, 7) is 0. The molecule has 18 heavy (non-hydrogen) atoms. The average molecular weight is 270 g/mol. The molecule has 0 aliphatic carbocycles. The first-order valence-corrected chi connectivity index (χ1v) is 4.42. The number of hydrogen-bond donors (Lipinski definition) is 1. The molecule has 100 valence electrons. The zero-order valence-corrected chi connectivity index (χ0v) is 8.89. The maximum Gasteiger partial charge on any atom is 0.433 e. The van der Waals surface area contributed by atoms with Gasteiger partial charge in [-0.05, 0) is 6.07 Å². The van der Waals surface area contributed by atoms with E-state index in [0.717, 1.165) is 7.11 Å². The molecule has 1 rings (SSSR count). The van der Waals surface area contributed by atoms with Gasteiger partial charge >= 0.3 is 12.1 Å². The molecule has 1 heterocycles. The largest absolute Gasteiger partial charge is 0.464 e. The lowest BCUT2D eigenvalue weighted by Gasteiger charge is -2.13. The van der Waals surface area contributed by atoms with Crippen LogP contribution in [0.5, 0.6) is 0 Å². The molecule has 0 spiro atoms. The van der Waals surface area contributed by atoms with E-state index in [9.17, 15) is 26.7 Å². The number of methoxy groups -OCH3 is 1. The van der Waals surface area contributed by atoms with Crippen LogP contribution in [-0.2, 0) is 10.9 Å². The second kappa shape index (κ2) is 4.75. The first-order valence-electron chi connectivity index (χ1n) is 4.42. The highest BCUT2D eigenvalue weighted by molar-refractivity contribution is 5.93. The summed E-state index contributed by atoms with van der Waals surface area (Å²) < 4.78 is 66.5. The number of carbonyl (C=O) groups excluding carboxylic acids is 1. The highest BCUT2D eigenvalue weighted by Gasteiger charge is 2.39. The molecule has 4 nitrogen and oxygen atoms in total. The number of nitrogen functional groups attached to an aromatic ring is 1. The van der Waals surface area contributed by atoms with Crippen LogP contribution in [0.3, 0.4) is 0 Å². The molecular weight excluding hydrogens is 263 g/mol. The minimum Gasteiger partial charge on any atom is -0.464 e. The van der Waals surface area contributed by atoms with Crippen molar-refractivity contribution in [2.75, 3.05) is 12.8 Å². The van der Waals surface area contributed by atoms with Crippen LogP contribution in [0.1, 0.15) is 28.2 Å². The second-order valence-corrected chi connectivity index (χ2v) is 3.15. The molecule has 0 fully saturated rings. The highest BCUT2D eigenvalue weighted by atomic mass is 19.4. The van der Waals surface area contributed by atoms with E-state index in [-0.39, 0.29) is 0 Å². The van der Waals surface area contributed by atoms with Crippen molar-refractivity contribution < 1.29 is 31.5 Å². The summed E-state index contributed by atoms with van der Waals surface area (Å²) >= 11 is 0. The number of nitrogens with two attached hydrogens (primary N) is 1. The van der Waals surface area contributed by atoms with Crippen LogP contribution in [-0.4, -0.2) is 18.1 Å². The van der Waals surface area contributed by atoms with Crippen LogP contribution in [0, 0.1) is 0 Å². The Morgan fingerprint density at radius 2 is 2.00 bits per heavy atom. The van der Waals surface area contributed by atoms with Crippen molar-refractivity contribution >= 4 is 11.7 Å². The molecule has 0 saturated carbocycles. The van der Waals surface area contributed by atoms with Gasteiger partial charge in [0.15, 0.2) is 11.4 Å². The topological polar surface area (TPSA) is 65.2 Å². The molecule has 1 aromatic heterocycles. The fourth-order valence-electron chi connectivity index (χ4n) is 1.20. The van der Waals surface area contributed by atoms with Crippen LogP contribution in [0.25, 0.3) is 0 Å². The molecule has 0 atom stereocenters. The monoisotopic (exact) mass is 270 g/mol. The molecule has 0 bridgehead atoms. The Kier molecular flexibility index (Phi) is 3.73. The number of halogens is 5. The van der Waals surface area contributed by atoms with Crippen LogP contribution in [0.2, 0.25) is 0 Å². The van der Waals surface area contributed by atoms with Gasteiger partial charge in [-0.15, -0.1) is 0 Å².